The summed E-state index contributed by atoms with van der Waals surface area (Å²) >= 11 is 5.54. The summed E-state index contributed by atoms with van der Waals surface area (Å²) in [5.74, 6) is -1.20. The molecular formula is C9H9ClN2O4. The van der Waals surface area contributed by atoms with E-state index in [1.54, 1.807) is 0 Å². The highest BCUT2D eigenvalue weighted by molar-refractivity contribution is 6.16. The maximum atomic E-state index is 11.2. The Labute approximate surface area is 96.5 Å². The molecule has 7 heteroatoms. The van der Waals surface area contributed by atoms with Gasteiger partial charge in [0.15, 0.2) is 11.4 Å². The van der Waals surface area contributed by atoms with Crippen molar-refractivity contribution in [2.24, 2.45) is 0 Å². The minimum Gasteiger partial charge on any atom is -0.464 e. The van der Waals surface area contributed by atoms with Gasteiger partial charge in [0.05, 0.1) is 20.1 Å². The molecule has 0 bridgehead atoms. The van der Waals surface area contributed by atoms with Gasteiger partial charge in [0, 0.05) is 6.07 Å². The number of rotatable bonds is 3. The summed E-state index contributed by atoms with van der Waals surface area (Å²) in [7, 11) is 2.42. The molecule has 1 heterocycles. The molecule has 86 valence electrons. The predicted octanol–water partition coefficient (Wildman–Crippen LogP) is 0.789. The maximum Gasteiger partial charge on any atom is 0.356 e. The predicted molar refractivity (Wildman–Crippen MR) is 54.3 cm³/mol. The Balaban J connectivity index is 3.20. The summed E-state index contributed by atoms with van der Waals surface area (Å²) in [4.78, 5) is 30.1. The molecule has 0 saturated carbocycles. The summed E-state index contributed by atoms with van der Waals surface area (Å²) in [5.41, 5.74) is -0.0675. The first-order valence-electron chi connectivity index (χ1n) is 4.23. The zero-order valence-corrected chi connectivity index (χ0v) is 9.45. The number of esters is 2. The number of methoxy groups -OCH3 is 2. The van der Waals surface area contributed by atoms with Crippen molar-refractivity contribution in [2.45, 2.75) is 5.88 Å². The van der Waals surface area contributed by atoms with Crippen molar-refractivity contribution in [2.75, 3.05) is 14.2 Å². The molecule has 0 N–H and O–H groups in total. The average Bonchev–Trinajstić information content (AvgIpc) is 2.35. The Morgan fingerprint density at radius 1 is 1.19 bits per heavy atom. The van der Waals surface area contributed by atoms with Gasteiger partial charge in [0.25, 0.3) is 0 Å². The van der Waals surface area contributed by atoms with Crippen LogP contribution in [0.4, 0.5) is 0 Å². The van der Waals surface area contributed by atoms with Crippen LogP contribution < -0.4 is 0 Å². The lowest BCUT2D eigenvalue weighted by Crippen LogP contribution is -2.13. The summed E-state index contributed by atoms with van der Waals surface area (Å²) < 4.78 is 8.96. The zero-order chi connectivity index (χ0) is 12.1. The Morgan fingerprint density at radius 3 is 1.94 bits per heavy atom. The van der Waals surface area contributed by atoms with Crippen molar-refractivity contribution < 1.29 is 19.1 Å². The van der Waals surface area contributed by atoms with Crippen LogP contribution in [0.5, 0.6) is 0 Å². The van der Waals surface area contributed by atoms with Gasteiger partial charge in [-0.25, -0.2) is 19.6 Å². The average molecular weight is 245 g/mol. The van der Waals surface area contributed by atoms with E-state index in [0.717, 1.165) is 0 Å². The van der Waals surface area contributed by atoms with E-state index < -0.39 is 11.9 Å². The molecule has 0 aliphatic heterocycles. The Bertz CT molecular complexity index is 388. The van der Waals surface area contributed by atoms with Crippen molar-refractivity contribution in [3.8, 4) is 0 Å². The van der Waals surface area contributed by atoms with E-state index in [4.69, 9.17) is 11.6 Å². The molecule has 1 aromatic rings. The van der Waals surface area contributed by atoms with Crippen LogP contribution >= 0.6 is 11.6 Å². The minimum absolute atomic E-state index is 0.0190. The first kappa shape index (κ1) is 12.4. The van der Waals surface area contributed by atoms with Gasteiger partial charge in [-0.3, -0.25) is 0 Å². The number of hydrogen-bond donors (Lipinski definition) is 0. The van der Waals surface area contributed by atoms with Crippen molar-refractivity contribution in [3.63, 3.8) is 0 Å². The third kappa shape index (κ3) is 2.66. The van der Waals surface area contributed by atoms with Gasteiger partial charge in [-0.2, -0.15) is 0 Å². The fraction of sp³-hybridized carbons (Fsp3) is 0.333. The quantitative estimate of drug-likeness (QED) is 0.578. The minimum atomic E-state index is -0.668. The molecule has 0 fully saturated rings. The Kier molecular flexibility index (Phi) is 4.19. The van der Waals surface area contributed by atoms with E-state index in [2.05, 4.69) is 19.4 Å². The van der Waals surface area contributed by atoms with E-state index in [0.29, 0.717) is 0 Å². The molecular weight excluding hydrogens is 236 g/mol. The van der Waals surface area contributed by atoms with Crippen molar-refractivity contribution in [3.05, 3.63) is 23.3 Å². The van der Waals surface area contributed by atoms with Gasteiger partial charge < -0.3 is 9.47 Å². The number of nitrogens with zero attached hydrogens (tertiary/aromatic N) is 2. The monoisotopic (exact) mass is 244 g/mol. The van der Waals surface area contributed by atoms with E-state index >= 15 is 0 Å². The lowest BCUT2D eigenvalue weighted by molar-refractivity contribution is 0.0589. The van der Waals surface area contributed by atoms with Crippen molar-refractivity contribution in [1.29, 1.82) is 0 Å². The van der Waals surface area contributed by atoms with Gasteiger partial charge in [-0.05, 0) is 0 Å². The van der Waals surface area contributed by atoms with Crippen LogP contribution in [0.25, 0.3) is 0 Å². The topological polar surface area (TPSA) is 78.4 Å². The highest BCUT2D eigenvalue weighted by atomic mass is 35.5. The standard InChI is InChI=1S/C9H9ClN2O4/c1-15-8(13)5-3-6(9(14)16-2)12-7(4-10)11-5/h3H,4H2,1-2H3. The zero-order valence-electron chi connectivity index (χ0n) is 8.69. The Morgan fingerprint density at radius 2 is 1.62 bits per heavy atom. The summed E-state index contributed by atoms with van der Waals surface area (Å²) in [5, 5.41) is 0. The highest BCUT2D eigenvalue weighted by Crippen LogP contribution is 2.06. The number of carbonyl (C=O) groups excluding carboxylic acids is 2. The molecule has 16 heavy (non-hydrogen) atoms. The number of aromatic nitrogens is 2. The molecule has 0 aliphatic rings. The SMILES string of the molecule is COC(=O)c1cc(C(=O)OC)nc(CCl)n1. The fourth-order valence-electron chi connectivity index (χ4n) is 0.975. The third-order valence-electron chi connectivity index (χ3n) is 1.68. The van der Waals surface area contributed by atoms with Crippen molar-refractivity contribution >= 4 is 23.5 Å². The van der Waals surface area contributed by atoms with Crippen LogP contribution in [-0.2, 0) is 15.4 Å². The van der Waals surface area contributed by atoms with Crippen LogP contribution in [0.2, 0.25) is 0 Å². The second kappa shape index (κ2) is 5.41. The van der Waals surface area contributed by atoms with Crippen molar-refractivity contribution in [1.82, 2.24) is 9.97 Å². The van der Waals surface area contributed by atoms with E-state index in [-0.39, 0.29) is 23.1 Å². The van der Waals surface area contributed by atoms with Gasteiger partial charge in [0.2, 0.25) is 0 Å². The summed E-state index contributed by atoms with van der Waals surface area (Å²) in [6.45, 7) is 0. The lowest BCUT2D eigenvalue weighted by atomic mass is 10.3. The lowest BCUT2D eigenvalue weighted by Gasteiger charge is -2.03. The van der Waals surface area contributed by atoms with Crippen LogP contribution in [0.1, 0.15) is 26.8 Å². The molecule has 0 aromatic carbocycles. The smallest absolute Gasteiger partial charge is 0.356 e. The van der Waals surface area contributed by atoms with Crippen LogP contribution in [-0.4, -0.2) is 36.1 Å². The second-order valence-electron chi connectivity index (χ2n) is 2.67. The van der Waals surface area contributed by atoms with E-state index in [9.17, 15) is 9.59 Å². The van der Waals surface area contributed by atoms with Gasteiger partial charge in [-0.15, -0.1) is 11.6 Å². The molecule has 0 amide bonds. The van der Waals surface area contributed by atoms with E-state index in [1.807, 2.05) is 0 Å². The second-order valence-corrected chi connectivity index (χ2v) is 2.94. The van der Waals surface area contributed by atoms with Gasteiger partial charge >= 0.3 is 11.9 Å². The molecule has 6 nitrogen and oxygen atoms in total. The van der Waals surface area contributed by atoms with Crippen LogP contribution in [0, 0.1) is 0 Å². The number of halogens is 1. The normalized spacial score (nSPS) is 9.69. The molecule has 1 rings (SSSR count). The first-order chi connectivity index (χ1) is 7.62. The number of alkyl halides is 1. The van der Waals surface area contributed by atoms with E-state index in [1.165, 1.54) is 20.3 Å². The molecule has 0 aliphatic carbocycles. The molecule has 0 unspecified atom stereocenters. The first-order valence-corrected chi connectivity index (χ1v) is 4.76. The largest absolute Gasteiger partial charge is 0.464 e. The molecule has 0 spiro atoms. The summed E-state index contributed by atoms with van der Waals surface area (Å²) in [6, 6.07) is 1.19. The Hall–Kier alpha value is -1.69. The van der Waals surface area contributed by atoms with Crippen LogP contribution in [0.3, 0.4) is 0 Å². The highest BCUT2D eigenvalue weighted by Gasteiger charge is 2.16. The molecule has 0 radical (unpaired) electrons. The maximum absolute atomic E-state index is 11.2. The molecule has 1 aromatic heterocycles. The summed E-state index contributed by atoms with van der Waals surface area (Å²) in [6.07, 6.45) is 0. The fourth-order valence-corrected chi connectivity index (χ4v) is 1.09. The molecule has 0 saturated heterocycles. The van der Waals surface area contributed by atoms with Gasteiger partial charge in [0.1, 0.15) is 5.82 Å². The third-order valence-corrected chi connectivity index (χ3v) is 1.92. The van der Waals surface area contributed by atoms with Crippen LogP contribution in [0.15, 0.2) is 6.07 Å². The number of hydrogen-bond acceptors (Lipinski definition) is 6. The number of carbonyl (C=O) groups is 2. The van der Waals surface area contributed by atoms with Gasteiger partial charge in [-0.1, -0.05) is 0 Å². The number of ether oxygens (including phenoxy) is 2. The molecule has 0 atom stereocenters.